The van der Waals surface area contributed by atoms with Gasteiger partial charge in [-0.1, -0.05) is 11.3 Å². The van der Waals surface area contributed by atoms with Gasteiger partial charge in [-0.2, -0.15) is 0 Å². The lowest BCUT2D eigenvalue weighted by Crippen LogP contribution is -2.23. The smallest absolute Gasteiger partial charge is 0.282 e. The molecular weight excluding hydrogens is 250 g/mol. The van der Waals surface area contributed by atoms with Crippen LogP contribution >= 0.6 is 11.3 Å². The highest BCUT2D eigenvalue weighted by atomic mass is 32.1. The van der Waals surface area contributed by atoms with Crippen molar-refractivity contribution in [1.29, 1.82) is 0 Å². The number of hydrogen-bond acceptors (Lipinski definition) is 6. The fraction of sp³-hybridized carbons (Fsp3) is 0.273. The summed E-state index contributed by atoms with van der Waals surface area (Å²) in [5, 5.41) is 14.2. The van der Waals surface area contributed by atoms with E-state index in [2.05, 4.69) is 25.8 Å². The van der Waals surface area contributed by atoms with Gasteiger partial charge in [0.2, 0.25) is 10.1 Å². The number of pyridine rings is 1. The molecule has 94 valence electrons. The summed E-state index contributed by atoms with van der Waals surface area (Å²) in [5.41, 5.74) is 2.09. The van der Waals surface area contributed by atoms with Gasteiger partial charge in [0, 0.05) is 26.0 Å². The van der Waals surface area contributed by atoms with Crippen LogP contribution in [-0.4, -0.2) is 28.1 Å². The number of nitrogens with one attached hydrogen (secondary N) is 2. The molecule has 0 unspecified atom stereocenters. The van der Waals surface area contributed by atoms with Gasteiger partial charge in [-0.05, 0) is 24.1 Å². The molecule has 2 N–H and O–H groups in total. The van der Waals surface area contributed by atoms with Gasteiger partial charge in [0.15, 0.2) is 0 Å². The molecule has 2 heterocycles. The van der Waals surface area contributed by atoms with E-state index >= 15 is 0 Å². The van der Waals surface area contributed by atoms with Gasteiger partial charge in [-0.15, -0.1) is 10.2 Å². The number of amides is 1. The minimum Gasteiger partial charge on any atom is -0.363 e. The maximum atomic E-state index is 11.8. The molecule has 0 spiro atoms. The van der Waals surface area contributed by atoms with E-state index in [0.29, 0.717) is 16.7 Å². The molecule has 6 nitrogen and oxygen atoms in total. The first-order valence-electron chi connectivity index (χ1n) is 5.39. The molecule has 0 aromatic carbocycles. The van der Waals surface area contributed by atoms with Crippen molar-refractivity contribution in [1.82, 2.24) is 20.5 Å². The van der Waals surface area contributed by atoms with Crippen LogP contribution in [0.4, 0.5) is 5.13 Å². The summed E-state index contributed by atoms with van der Waals surface area (Å²) in [4.78, 5) is 15.8. The minimum atomic E-state index is -0.217. The lowest BCUT2D eigenvalue weighted by atomic mass is 10.1. The Morgan fingerprint density at radius 1 is 1.44 bits per heavy atom. The molecule has 18 heavy (non-hydrogen) atoms. The van der Waals surface area contributed by atoms with Crippen molar-refractivity contribution >= 4 is 22.4 Å². The summed E-state index contributed by atoms with van der Waals surface area (Å²) in [5.74, 6) is -0.217. The molecular formula is C11H13N5OS. The van der Waals surface area contributed by atoms with Crippen molar-refractivity contribution in [3.05, 3.63) is 34.6 Å². The zero-order valence-electron chi connectivity index (χ0n) is 10.1. The average Bonchev–Trinajstić information content (AvgIpc) is 2.86. The van der Waals surface area contributed by atoms with Crippen molar-refractivity contribution in [2.24, 2.45) is 0 Å². The van der Waals surface area contributed by atoms with E-state index in [-0.39, 0.29) is 5.91 Å². The Balaban J connectivity index is 1.98. The number of aromatic nitrogens is 3. The third-order valence-electron chi connectivity index (χ3n) is 2.41. The summed E-state index contributed by atoms with van der Waals surface area (Å²) < 4.78 is 0. The molecule has 7 heteroatoms. The first kappa shape index (κ1) is 12.4. The van der Waals surface area contributed by atoms with Crippen molar-refractivity contribution < 1.29 is 4.79 Å². The van der Waals surface area contributed by atoms with Gasteiger partial charge in [-0.3, -0.25) is 9.78 Å². The van der Waals surface area contributed by atoms with Crippen LogP contribution in [-0.2, 0) is 6.54 Å². The predicted molar refractivity (Wildman–Crippen MR) is 69.6 cm³/mol. The largest absolute Gasteiger partial charge is 0.363 e. The summed E-state index contributed by atoms with van der Waals surface area (Å²) in [7, 11) is 1.74. The second-order valence-electron chi connectivity index (χ2n) is 3.65. The van der Waals surface area contributed by atoms with Gasteiger partial charge in [-0.25, -0.2) is 0 Å². The summed E-state index contributed by atoms with van der Waals surface area (Å²) >= 11 is 1.22. The van der Waals surface area contributed by atoms with Gasteiger partial charge >= 0.3 is 0 Å². The maximum absolute atomic E-state index is 11.8. The Kier molecular flexibility index (Phi) is 3.83. The second kappa shape index (κ2) is 5.54. The fourth-order valence-electron chi connectivity index (χ4n) is 1.37. The molecule has 0 aliphatic heterocycles. The first-order chi connectivity index (χ1) is 8.70. The molecule has 2 rings (SSSR count). The van der Waals surface area contributed by atoms with Gasteiger partial charge < -0.3 is 10.6 Å². The number of rotatable bonds is 4. The molecule has 0 saturated heterocycles. The van der Waals surface area contributed by atoms with Crippen molar-refractivity contribution in [3.63, 3.8) is 0 Å². The first-order valence-corrected chi connectivity index (χ1v) is 6.21. The number of nitrogens with zero attached hydrogens (tertiary/aromatic N) is 3. The van der Waals surface area contributed by atoms with Crippen LogP contribution in [0.5, 0.6) is 0 Å². The van der Waals surface area contributed by atoms with Crippen LogP contribution in [0.25, 0.3) is 0 Å². The third kappa shape index (κ3) is 2.80. The van der Waals surface area contributed by atoms with E-state index in [1.165, 1.54) is 11.3 Å². The van der Waals surface area contributed by atoms with E-state index in [1.54, 1.807) is 19.4 Å². The summed E-state index contributed by atoms with van der Waals surface area (Å²) in [6.45, 7) is 2.42. The second-order valence-corrected chi connectivity index (χ2v) is 4.62. The Hall–Kier alpha value is -2.02. The van der Waals surface area contributed by atoms with Crippen LogP contribution in [0.15, 0.2) is 18.5 Å². The quantitative estimate of drug-likeness (QED) is 0.866. The number of aryl methyl sites for hydroxylation is 1. The number of carbonyl (C=O) groups is 1. The summed E-state index contributed by atoms with van der Waals surface area (Å²) in [6, 6.07) is 1.88. The highest BCUT2D eigenvalue weighted by Gasteiger charge is 2.12. The molecule has 0 bridgehead atoms. The third-order valence-corrected chi connectivity index (χ3v) is 3.35. The number of hydrogen-bond donors (Lipinski definition) is 2. The predicted octanol–water partition coefficient (Wildman–Crippen LogP) is 1.21. The lowest BCUT2D eigenvalue weighted by Gasteiger charge is -2.05. The van der Waals surface area contributed by atoms with Gasteiger partial charge in [0.1, 0.15) is 0 Å². The van der Waals surface area contributed by atoms with Crippen LogP contribution in [0.2, 0.25) is 0 Å². The Morgan fingerprint density at radius 2 is 2.28 bits per heavy atom. The zero-order valence-corrected chi connectivity index (χ0v) is 10.9. The Morgan fingerprint density at radius 3 is 2.94 bits per heavy atom. The van der Waals surface area contributed by atoms with E-state index in [9.17, 15) is 4.79 Å². The molecule has 2 aromatic heterocycles. The number of carbonyl (C=O) groups excluding carboxylic acids is 1. The van der Waals surface area contributed by atoms with Crippen LogP contribution in [0.1, 0.15) is 20.9 Å². The van der Waals surface area contributed by atoms with Gasteiger partial charge in [0.05, 0.1) is 0 Å². The standard InChI is InChI=1S/C11H13N5OS/c1-7-5-13-4-3-8(7)6-14-9(17)10-15-16-11(12-2)18-10/h3-5H,6H2,1-2H3,(H,12,16)(H,14,17). The highest BCUT2D eigenvalue weighted by Crippen LogP contribution is 2.14. The highest BCUT2D eigenvalue weighted by molar-refractivity contribution is 7.17. The normalized spacial score (nSPS) is 10.1. The van der Waals surface area contributed by atoms with Crippen molar-refractivity contribution in [2.45, 2.75) is 13.5 Å². The minimum absolute atomic E-state index is 0.217. The van der Waals surface area contributed by atoms with Gasteiger partial charge in [0.25, 0.3) is 5.91 Å². The van der Waals surface area contributed by atoms with E-state index in [0.717, 1.165) is 11.1 Å². The maximum Gasteiger partial charge on any atom is 0.282 e. The average molecular weight is 263 g/mol. The molecule has 0 fully saturated rings. The molecule has 0 atom stereocenters. The van der Waals surface area contributed by atoms with Crippen molar-refractivity contribution in [2.75, 3.05) is 12.4 Å². The van der Waals surface area contributed by atoms with E-state index < -0.39 is 0 Å². The molecule has 2 aromatic rings. The van der Waals surface area contributed by atoms with E-state index in [4.69, 9.17) is 0 Å². The van der Waals surface area contributed by atoms with Crippen LogP contribution < -0.4 is 10.6 Å². The molecule has 0 radical (unpaired) electrons. The molecule has 0 aliphatic carbocycles. The molecule has 0 aliphatic rings. The Labute approximate surface area is 108 Å². The van der Waals surface area contributed by atoms with E-state index in [1.807, 2.05) is 13.0 Å². The summed E-state index contributed by atoms with van der Waals surface area (Å²) in [6.07, 6.45) is 3.48. The van der Waals surface area contributed by atoms with Crippen LogP contribution in [0.3, 0.4) is 0 Å². The van der Waals surface area contributed by atoms with Crippen LogP contribution in [0, 0.1) is 6.92 Å². The molecule has 1 amide bonds. The Bertz CT molecular complexity index is 554. The monoisotopic (exact) mass is 263 g/mol. The molecule has 0 saturated carbocycles. The zero-order chi connectivity index (χ0) is 13.0. The fourth-order valence-corrected chi connectivity index (χ4v) is 1.98. The lowest BCUT2D eigenvalue weighted by molar-refractivity contribution is 0.0950. The SMILES string of the molecule is CNc1nnc(C(=O)NCc2ccncc2C)s1. The topological polar surface area (TPSA) is 79.8 Å². The van der Waals surface area contributed by atoms with Crippen molar-refractivity contribution in [3.8, 4) is 0 Å². The number of anilines is 1.